The largest absolute Gasteiger partial charge is 0.265 e. The van der Waals surface area contributed by atoms with E-state index in [2.05, 4.69) is 34.3 Å². The van der Waals surface area contributed by atoms with Crippen molar-refractivity contribution in [1.82, 2.24) is 10.1 Å². The van der Waals surface area contributed by atoms with Crippen LogP contribution in [-0.2, 0) is 7.05 Å². The fourth-order valence-corrected chi connectivity index (χ4v) is 2.17. The standard InChI is InChI=1S/C15H13N3/c1-18-15(13-5-3-2-4-6-13)14(11-17-18)12-7-9-16-10-8-12/h2-11H,1H3/p+1. The number of aromatic amines is 1. The third kappa shape index (κ3) is 1.80. The average molecular weight is 236 g/mol. The minimum atomic E-state index is 1.17. The second-order valence-electron chi connectivity index (χ2n) is 4.20. The molecule has 0 aliphatic rings. The van der Waals surface area contributed by atoms with E-state index in [0.717, 1.165) is 0 Å². The molecule has 0 bridgehead atoms. The van der Waals surface area contributed by atoms with Crippen molar-refractivity contribution >= 4 is 0 Å². The van der Waals surface area contributed by atoms with E-state index in [9.17, 15) is 0 Å². The molecule has 2 heterocycles. The van der Waals surface area contributed by atoms with Crippen LogP contribution >= 0.6 is 0 Å². The number of benzene rings is 1. The van der Waals surface area contributed by atoms with Gasteiger partial charge in [0.15, 0.2) is 7.05 Å². The van der Waals surface area contributed by atoms with Crippen molar-refractivity contribution in [1.29, 1.82) is 0 Å². The van der Waals surface area contributed by atoms with Crippen molar-refractivity contribution in [2.24, 2.45) is 7.05 Å². The molecule has 0 radical (unpaired) electrons. The molecule has 0 saturated heterocycles. The third-order valence-corrected chi connectivity index (χ3v) is 3.03. The average Bonchev–Trinajstić information content (AvgIpc) is 2.83. The van der Waals surface area contributed by atoms with E-state index in [1.54, 1.807) is 0 Å². The second-order valence-corrected chi connectivity index (χ2v) is 4.20. The predicted molar refractivity (Wildman–Crippen MR) is 70.6 cm³/mol. The maximum atomic E-state index is 4.06. The van der Waals surface area contributed by atoms with E-state index < -0.39 is 0 Å². The van der Waals surface area contributed by atoms with Crippen molar-refractivity contribution in [3.63, 3.8) is 0 Å². The number of hydrogen-bond acceptors (Lipinski definition) is 1. The van der Waals surface area contributed by atoms with Crippen molar-refractivity contribution in [2.75, 3.05) is 0 Å². The number of nitrogens with zero attached hydrogens (tertiary/aromatic N) is 2. The number of hydrogen-bond donors (Lipinski definition) is 1. The maximum Gasteiger partial charge on any atom is 0.245 e. The topological polar surface area (TPSA) is 32.6 Å². The molecule has 1 aromatic carbocycles. The summed E-state index contributed by atoms with van der Waals surface area (Å²) >= 11 is 0. The van der Waals surface area contributed by atoms with Gasteiger partial charge in [-0.1, -0.05) is 18.2 Å². The summed E-state index contributed by atoms with van der Waals surface area (Å²) < 4.78 is 2.03. The molecule has 0 atom stereocenters. The van der Waals surface area contributed by atoms with Crippen molar-refractivity contribution < 1.29 is 4.68 Å². The fraction of sp³-hybridized carbons (Fsp3) is 0.0667. The number of pyridine rings is 1. The lowest BCUT2D eigenvalue weighted by atomic mass is 10.0. The van der Waals surface area contributed by atoms with Crippen LogP contribution < -0.4 is 4.68 Å². The summed E-state index contributed by atoms with van der Waals surface area (Å²) in [5.74, 6) is 0. The van der Waals surface area contributed by atoms with Gasteiger partial charge in [0, 0.05) is 18.0 Å². The Kier molecular flexibility index (Phi) is 2.65. The molecule has 3 aromatic rings. The molecule has 0 unspecified atom stereocenters. The summed E-state index contributed by atoms with van der Waals surface area (Å²) in [6, 6.07) is 14.4. The van der Waals surface area contributed by atoms with Crippen LogP contribution in [0.25, 0.3) is 22.4 Å². The van der Waals surface area contributed by atoms with Gasteiger partial charge in [-0.15, -0.1) is 4.68 Å². The van der Waals surface area contributed by atoms with Crippen LogP contribution in [0.2, 0.25) is 0 Å². The van der Waals surface area contributed by atoms with E-state index in [1.807, 2.05) is 48.5 Å². The van der Waals surface area contributed by atoms with Gasteiger partial charge in [0.2, 0.25) is 5.69 Å². The van der Waals surface area contributed by atoms with E-state index in [1.165, 1.54) is 22.4 Å². The van der Waals surface area contributed by atoms with Gasteiger partial charge in [-0.3, -0.25) is 4.98 Å². The van der Waals surface area contributed by atoms with Gasteiger partial charge in [-0.25, -0.2) is 0 Å². The Morgan fingerprint density at radius 3 is 2.39 bits per heavy atom. The molecule has 0 spiro atoms. The second kappa shape index (κ2) is 4.45. The molecule has 0 amide bonds. The van der Waals surface area contributed by atoms with Crippen LogP contribution in [0.3, 0.4) is 0 Å². The third-order valence-electron chi connectivity index (χ3n) is 3.03. The highest BCUT2D eigenvalue weighted by atomic mass is 15.3. The van der Waals surface area contributed by atoms with Gasteiger partial charge in [-0.2, -0.15) is 5.10 Å². The van der Waals surface area contributed by atoms with E-state index >= 15 is 0 Å². The molecule has 3 rings (SSSR count). The first kappa shape index (κ1) is 10.7. The number of aryl methyl sites for hydroxylation is 1. The summed E-state index contributed by atoms with van der Waals surface area (Å²) in [7, 11) is 2.02. The monoisotopic (exact) mass is 236 g/mol. The van der Waals surface area contributed by atoms with Gasteiger partial charge in [0.05, 0.1) is 11.8 Å². The first-order chi connectivity index (χ1) is 8.86. The summed E-state index contributed by atoms with van der Waals surface area (Å²) in [6.07, 6.45) is 5.66. The Bertz CT molecular complexity index is 642. The summed E-state index contributed by atoms with van der Waals surface area (Å²) in [4.78, 5) is 4.06. The Hall–Kier alpha value is -2.42. The van der Waals surface area contributed by atoms with Crippen molar-refractivity contribution in [3.05, 3.63) is 61.1 Å². The number of rotatable bonds is 2. The summed E-state index contributed by atoms with van der Waals surface area (Å²) in [6.45, 7) is 0. The molecule has 0 fully saturated rings. The number of nitrogens with one attached hydrogen (secondary N) is 1. The SMILES string of the molecule is C[n+]1[nH]cc(-c2ccncc2)c1-c1ccccc1. The highest BCUT2D eigenvalue weighted by Crippen LogP contribution is 2.28. The van der Waals surface area contributed by atoms with Crippen molar-refractivity contribution in [3.8, 4) is 22.4 Å². The highest BCUT2D eigenvalue weighted by Gasteiger charge is 2.19. The van der Waals surface area contributed by atoms with Gasteiger partial charge in [0.25, 0.3) is 0 Å². The minimum absolute atomic E-state index is 1.17. The quantitative estimate of drug-likeness (QED) is 0.681. The first-order valence-corrected chi connectivity index (χ1v) is 5.89. The van der Waals surface area contributed by atoms with Gasteiger partial charge < -0.3 is 0 Å². The zero-order chi connectivity index (χ0) is 12.4. The number of H-pyrrole nitrogens is 1. The smallest absolute Gasteiger partial charge is 0.245 e. The van der Waals surface area contributed by atoms with Crippen molar-refractivity contribution in [2.45, 2.75) is 0 Å². The first-order valence-electron chi connectivity index (χ1n) is 5.89. The molecule has 2 aromatic heterocycles. The maximum absolute atomic E-state index is 4.06. The highest BCUT2D eigenvalue weighted by molar-refractivity contribution is 5.77. The van der Waals surface area contributed by atoms with Crippen LogP contribution in [0.15, 0.2) is 61.1 Å². The molecule has 18 heavy (non-hydrogen) atoms. The van der Waals surface area contributed by atoms with Crippen LogP contribution in [0.4, 0.5) is 0 Å². The minimum Gasteiger partial charge on any atom is -0.265 e. The molecule has 0 saturated carbocycles. The van der Waals surface area contributed by atoms with Crippen LogP contribution in [-0.4, -0.2) is 10.1 Å². The predicted octanol–water partition coefficient (Wildman–Crippen LogP) is 2.57. The summed E-state index contributed by atoms with van der Waals surface area (Å²) in [5.41, 5.74) is 4.74. The lowest BCUT2D eigenvalue weighted by Crippen LogP contribution is -2.31. The molecule has 0 aliphatic heterocycles. The zero-order valence-corrected chi connectivity index (χ0v) is 10.2. The normalized spacial score (nSPS) is 10.5. The molecule has 3 heteroatoms. The van der Waals surface area contributed by atoms with Gasteiger partial charge in [0.1, 0.15) is 0 Å². The molecule has 1 N–H and O–H groups in total. The lowest BCUT2D eigenvalue weighted by Gasteiger charge is -1.99. The fourth-order valence-electron chi connectivity index (χ4n) is 2.17. The number of aromatic nitrogens is 3. The zero-order valence-electron chi connectivity index (χ0n) is 10.2. The molecule has 0 aliphatic carbocycles. The Balaban J connectivity index is 2.19. The van der Waals surface area contributed by atoms with Gasteiger partial charge in [-0.05, 0) is 29.8 Å². The van der Waals surface area contributed by atoms with Gasteiger partial charge >= 0.3 is 0 Å². The molecule has 88 valence electrons. The Morgan fingerprint density at radius 1 is 0.944 bits per heavy atom. The van der Waals surface area contributed by atoms with Crippen LogP contribution in [0, 0.1) is 0 Å². The molecule has 3 nitrogen and oxygen atoms in total. The summed E-state index contributed by atoms with van der Waals surface area (Å²) in [5, 5.41) is 3.23. The van der Waals surface area contributed by atoms with E-state index in [0.29, 0.717) is 0 Å². The Labute approximate surface area is 106 Å². The Morgan fingerprint density at radius 2 is 1.67 bits per heavy atom. The van der Waals surface area contributed by atoms with Crippen LogP contribution in [0.1, 0.15) is 0 Å². The van der Waals surface area contributed by atoms with Crippen LogP contribution in [0.5, 0.6) is 0 Å². The lowest BCUT2D eigenvalue weighted by molar-refractivity contribution is -0.716. The van der Waals surface area contributed by atoms with E-state index in [4.69, 9.17) is 0 Å². The molecular formula is C15H14N3+. The molecular weight excluding hydrogens is 222 g/mol. The van der Waals surface area contributed by atoms with E-state index in [-0.39, 0.29) is 0 Å².